The van der Waals surface area contributed by atoms with Gasteiger partial charge in [-0.1, -0.05) is 17.7 Å². The maximum absolute atomic E-state index is 8.85. The number of nitrogens with one attached hydrogen (secondary N) is 1. The molecular formula is C11H17ClN2O. The topological polar surface area (TPSA) is 58.3 Å². The summed E-state index contributed by atoms with van der Waals surface area (Å²) in [5.74, 6) is 0. The number of halogens is 1. The van der Waals surface area contributed by atoms with Crippen LogP contribution in [0.4, 0.5) is 5.69 Å². The van der Waals surface area contributed by atoms with Crippen molar-refractivity contribution in [1.82, 2.24) is 5.32 Å². The molecule has 0 amide bonds. The smallest absolute Gasteiger partial charge is 0.0665 e. The van der Waals surface area contributed by atoms with Crippen LogP contribution in [0.5, 0.6) is 0 Å². The Bertz CT molecular complexity index is 270. The first-order valence-corrected chi connectivity index (χ1v) is 5.46. The van der Waals surface area contributed by atoms with E-state index in [-0.39, 0.29) is 6.10 Å². The fourth-order valence-electron chi connectivity index (χ4n) is 1.34. The van der Waals surface area contributed by atoms with Crippen LogP contribution in [-0.4, -0.2) is 24.3 Å². The Hall–Kier alpha value is -0.770. The Balaban J connectivity index is 0.000000151. The largest absolute Gasteiger partial charge is 0.399 e. The number of piperidine rings is 1. The number of β-amino-alcohol motifs (C(OH)–C–C–N with tert-alkyl or cyclic N) is 1. The normalized spacial score (nSPS) is 20.3. The second-order valence-electron chi connectivity index (χ2n) is 3.56. The van der Waals surface area contributed by atoms with Crippen LogP contribution in [0.25, 0.3) is 0 Å². The zero-order valence-corrected chi connectivity index (χ0v) is 9.37. The van der Waals surface area contributed by atoms with Crippen LogP contribution in [0.15, 0.2) is 24.3 Å². The van der Waals surface area contributed by atoms with Gasteiger partial charge in [-0.15, -0.1) is 0 Å². The van der Waals surface area contributed by atoms with Gasteiger partial charge in [0.25, 0.3) is 0 Å². The van der Waals surface area contributed by atoms with Gasteiger partial charge in [-0.05, 0) is 37.6 Å². The third-order valence-electron chi connectivity index (χ3n) is 2.12. The second kappa shape index (κ2) is 6.67. The predicted octanol–water partition coefficient (Wildman–Crippen LogP) is 1.65. The maximum Gasteiger partial charge on any atom is 0.0665 e. The standard InChI is InChI=1S/C6H6ClN.C5H11NO/c7-5-2-1-3-6(8)4-5;7-5-2-1-3-6-4-5/h1-4H,8H2;5-7H,1-4H2. The van der Waals surface area contributed by atoms with Crippen molar-refractivity contribution in [3.63, 3.8) is 0 Å². The molecule has 1 fully saturated rings. The van der Waals surface area contributed by atoms with E-state index in [4.69, 9.17) is 22.4 Å². The molecular weight excluding hydrogens is 212 g/mol. The van der Waals surface area contributed by atoms with Gasteiger partial charge in [-0.2, -0.15) is 0 Å². The summed E-state index contributed by atoms with van der Waals surface area (Å²) in [7, 11) is 0. The lowest BCUT2D eigenvalue weighted by Gasteiger charge is -2.16. The van der Waals surface area contributed by atoms with E-state index >= 15 is 0 Å². The van der Waals surface area contributed by atoms with Crippen LogP contribution in [-0.2, 0) is 0 Å². The number of benzene rings is 1. The van der Waals surface area contributed by atoms with Gasteiger partial charge in [0.2, 0.25) is 0 Å². The van der Waals surface area contributed by atoms with Gasteiger partial charge in [0.05, 0.1) is 6.10 Å². The SMILES string of the molecule is Nc1cccc(Cl)c1.OC1CCCNC1. The van der Waals surface area contributed by atoms with Crippen molar-refractivity contribution in [2.24, 2.45) is 0 Å². The summed E-state index contributed by atoms with van der Waals surface area (Å²) in [6, 6.07) is 7.11. The minimum Gasteiger partial charge on any atom is -0.399 e. The monoisotopic (exact) mass is 228 g/mol. The van der Waals surface area contributed by atoms with Gasteiger partial charge in [0.15, 0.2) is 0 Å². The lowest BCUT2D eigenvalue weighted by atomic mass is 10.1. The Morgan fingerprint density at radius 1 is 1.47 bits per heavy atom. The molecule has 0 aliphatic carbocycles. The predicted molar refractivity (Wildman–Crippen MR) is 64.0 cm³/mol. The molecule has 0 bridgehead atoms. The first kappa shape index (κ1) is 12.3. The fourth-order valence-corrected chi connectivity index (χ4v) is 1.54. The molecule has 15 heavy (non-hydrogen) atoms. The van der Waals surface area contributed by atoms with Crippen molar-refractivity contribution in [3.8, 4) is 0 Å². The van der Waals surface area contributed by atoms with Crippen LogP contribution >= 0.6 is 11.6 Å². The summed E-state index contributed by atoms with van der Waals surface area (Å²) in [6.45, 7) is 1.87. The minimum absolute atomic E-state index is 0.0752. The average molecular weight is 229 g/mol. The summed E-state index contributed by atoms with van der Waals surface area (Å²) < 4.78 is 0. The molecule has 1 saturated heterocycles. The van der Waals surface area contributed by atoms with Crippen LogP contribution in [0.3, 0.4) is 0 Å². The molecule has 1 atom stereocenters. The van der Waals surface area contributed by atoms with E-state index in [0.717, 1.165) is 25.9 Å². The van der Waals surface area contributed by atoms with Gasteiger partial charge >= 0.3 is 0 Å². The van der Waals surface area contributed by atoms with Gasteiger partial charge in [0, 0.05) is 17.3 Å². The second-order valence-corrected chi connectivity index (χ2v) is 3.99. The van der Waals surface area contributed by atoms with Crippen LogP contribution in [0, 0.1) is 0 Å². The summed E-state index contributed by atoms with van der Waals surface area (Å²) in [6.07, 6.45) is 2.03. The molecule has 0 spiro atoms. The van der Waals surface area contributed by atoms with Gasteiger partial charge in [-0.25, -0.2) is 0 Å². The molecule has 1 heterocycles. The average Bonchev–Trinajstić information content (AvgIpc) is 2.19. The van der Waals surface area contributed by atoms with Crippen LogP contribution < -0.4 is 11.1 Å². The Morgan fingerprint density at radius 3 is 2.60 bits per heavy atom. The minimum atomic E-state index is -0.0752. The highest BCUT2D eigenvalue weighted by molar-refractivity contribution is 6.30. The van der Waals surface area contributed by atoms with E-state index in [1.807, 2.05) is 6.07 Å². The quantitative estimate of drug-likeness (QED) is 0.592. The van der Waals surface area contributed by atoms with Gasteiger partial charge in [-0.3, -0.25) is 0 Å². The summed E-state index contributed by atoms with van der Waals surface area (Å²) in [5.41, 5.74) is 6.08. The first-order chi connectivity index (χ1) is 7.18. The molecule has 1 unspecified atom stereocenters. The molecule has 4 N–H and O–H groups in total. The number of rotatable bonds is 0. The van der Waals surface area contributed by atoms with E-state index in [1.165, 1.54) is 0 Å². The zero-order valence-electron chi connectivity index (χ0n) is 8.62. The van der Waals surface area contributed by atoms with Gasteiger partial charge < -0.3 is 16.2 Å². The number of aliphatic hydroxyl groups excluding tert-OH is 1. The number of anilines is 1. The highest BCUT2D eigenvalue weighted by Gasteiger charge is 2.06. The van der Waals surface area contributed by atoms with Crippen molar-refractivity contribution in [2.75, 3.05) is 18.8 Å². The van der Waals surface area contributed by atoms with Gasteiger partial charge in [0.1, 0.15) is 0 Å². The molecule has 1 aliphatic heterocycles. The highest BCUT2D eigenvalue weighted by Crippen LogP contribution is 2.10. The Labute approximate surface area is 95.2 Å². The number of hydrogen-bond donors (Lipinski definition) is 3. The molecule has 3 nitrogen and oxygen atoms in total. The molecule has 84 valence electrons. The van der Waals surface area contributed by atoms with Crippen molar-refractivity contribution in [3.05, 3.63) is 29.3 Å². The molecule has 1 aromatic carbocycles. The number of nitrogens with two attached hydrogens (primary N) is 1. The number of aliphatic hydroxyl groups is 1. The van der Waals surface area contributed by atoms with Crippen molar-refractivity contribution >= 4 is 17.3 Å². The molecule has 0 radical (unpaired) electrons. The molecule has 0 aromatic heterocycles. The Morgan fingerprint density at radius 2 is 2.27 bits per heavy atom. The van der Waals surface area contributed by atoms with Crippen LogP contribution in [0.1, 0.15) is 12.8 Å². The van der Waals surface area contributed by atoms with E-state index in [9.17, 15) is 0 Å². The third-order valence-corrected chi connectivity index (χ3v) is 2.35. The molecule has 0 saturated carbocycles. The first-order valence-electron chi connectivity index (χ1n) is 5.08. The fraction of sp³-hybridized carbons (Fsp3) is 0.455. The van der Waals surface area contributed by atoms with E-state index < -0.39 is 0 Å². The van der Waals surface area contributed by atoms with E-state index in [2.05, 4.69) is 5.32 Å². The summed E-state index contributed by atoms with van der Waals surface area (Å²) in [4.78, 5) is 0. The molecule has 4 heteroatoms. The maximum atomic E-state index is 8.85. The molecule has 2 rings (SSSR count). The van der Waals surface area contributed by atoms with E-state index in [0.29, 0.717) is 10.7 Å². The van der Waals surface area contributed by atoms with E-state index in [1.54, 1.807) is 18.2 Å². The van der Waals surface area contributed by atoms with Crippen LogP contribution in [0.2, 0.25) is 5.02 Å². The van der Waals surface area contributed by atoms with Crippen molar-refractivity contribution < 1.29 is 5.11 Å². The van der Waals surface area contributed by atoms with Crippen molar-refractivity contribution in [2.45, 2.75) is 18.9 Å². The third kappa shape index (κ3) is 5.62. The summed E-state index contributed by atoms with van der Waals surface area (Å²) >= 11 is 5.56. The summed E-state index contributed by atoms with van der Waals surface area (Å²) in [5, 5.41) is 12.6. The Kier molecular flexibility index (Phi) is 5.47. The zero-order chi connectivity index (χ0) is 11.1. The lowest BCUT2D eigenvalue weighted by molar-refractivity contribution is 0.142. The lowest BCUT2D eigenvalue weighted by Crippen LogP contribution is -2.33. The number of nitrogen functional groups attached to an aromatic ring is 1. The number of hydrogen-bond acceptors (Lipinski definition) is 3. The molecule has 1 aliphatic rings. The highest BCUT2D eigenvalue weighted by atomic mass is 35.5. The molecule has 1 aromatic rings. The van der Waals surface area contributed by atoms with Crippen molar-refractivity contribution in [1.29, 1.82) is 0 Å².